The molecule has 0 saturated carbocycles. The second kappa shape index (κ2) is 13.9. The number of ether oxygens (including phenoxy) is 3. The number of amides is 2. The van der Waals surface area contributed by atoms with Gasteiger partial charge in [-0.05, 0) is 47.4 Å². The van der Waals surface area contributed by atoms with Crippen LogP contribution in [0.3, 0.4) is 0 Å². The van der Waals surface area contributed by atoms with Crippen LogP contribution in [0.15, 0.2) is 78.9 Å². The molecule has 224 valence electrons. The first-order chi connectivity index (χ1) is 20.1. The lowest BCUT2D eigenvalue weighted by atomic mass is 9.92. The Morgan fingerprint density at radius 1 is 0.786 bits per heavy atom. The largest absolute Gasteiger partial charge is 0.497 e. The van der Waals surface area contributed by atoms with Gasteiger partial charge in [0.2, 0.25) is 0 Å². The quantitative estimate of drug-likeness (QED) is 0.165. The number of carbonyl (C=O) groups excluding carboxylic acids is 2. The lowest BCUT2D eigenvalue weighted by molar-refractivity contribution is -0.237. The smallest absolute Gasteiger partial charge is 0.274 e. The zero-order valence-electron chi connectivity index (χ0n) is 23.8. The molecule has 0 N–H and O–H groups in total. The molecule has 12 heteroatoms. The lowest BCUT2D eigenvalue weighted by Gasteiger charge is -2.46. The topological polar surface area (TPSA) is 121 Å². The molecular formula is C30H34N2O9S. The number of nitrogens with zero attached hydrogens (tertiary/aromatic N) is 2. The summed E-state index contributed by atoms with van der Waals surface area (Å²) in [5, 5.41) is 0.661. The number of hydrogen-bond acceptors (Lipinski definition) is 10. The highest BCUT2D eigenvalue weighted by Crippen LogP contribution is 2.36. The van der Waals surface area contributed by atoms with E-state index in [1.54, 1.807) is 48.4 Å². The third kappa shape index (κ3) is 7.52. The van der Waals surface area contributed by atoms with Crippen LogP contribution in [0.4, 0.5) is 0 Å². The summed E-state index contributed by atoms with van der Waals surface area (Å²) in [6.07, 6.45) is -0.214. The van der Waals surface area contributed by atoms with Crippen LogP contribution < -0.4 is 9.47 Å². The summed E-state index contributed by atoms with van der Waals surface area (Å²) in [4.78, 5) is 35.2. The van der Waals surface area contributed by atoms with Crippen molar-refractivity contribution < 1.29 is 41.2 Å². The number of hydroxylamine groups is 2. The predicted molar refractivity (Wildman–Crippen MR) is 153 cm³/mol. The molecule has 1 saturated heterocycles. The van der Waals surface area contributed by atoms with Gasteiger partial charge in [0.1, 0.15) is 23.6 Å². The number of hydrogen-bond donors (Lipinski definition) is 0. The maximum absolute atomic E-state index is 14.1. The van der Waals surface area contributed by atoms with Crippen LogP contribution in [-0.2, 0) is 46.4 Å². The molecule has 2 amide bonds. The third-order valence-corrected chi connectivity index (χ3v) is 7.36. The first-order valence-corrected chi connectivity index (χ1v) is 14.9. The van der Waals surface area contributed by atoms with E-state index in [0.717, 1.165) is 17.4 Å². The second-order valence-electron chi connectivity index (χ2n) is 9.67. The van der Waals surface area contributed by atoms with Crippen LogP contribution in [0.5, 0.6) is 11.5 Å². The third-order valence-electron chi connectivity index (χ3n) is 6.80. The van der Waals surface area contributed by atoms with Crippen LogP contribution in [0.2, 0.25) is 0 Å². The maximum Gasteiger partial charge on any atom is 0.274 e. The number of benzene rings is 3. The van der Waals surface area contributed by atoms with Gasteiger partial charge in [0, 0.05) is 13.7 Å². The van der Waals surface area contributed by atoms with E-state index >= 15 is 0 Å². The fraction of sp³-hybridized carbons (Fsp3) is 0.333. The van der Waals surface area contributed by atoms with Gasteiger partial charge in [-0.25, -0.2) is 4.84 Å². The Hall–Kier alpha value is -3.81. The highest BCUT2D eigenvalue weighted by Gasteiger charge is 2.52. The fourth-order valence-electron chi connectivity index (χ4n) is 4.84. The van der Waals surface area contributed by atoms with Crippen LogP contribution in [0.25, 0.3) is 0 Å². The molecule has 0 aliphatic carbocycles. The molecule has 0 bridgehead atoms. The highest BCUT2D eigenvalue weighted by molar-refractivity contribution is 7.86. The number of piperazine rings is 1. The van der Waals surface area contributed by atoms with Crippen molar-refractivity contribution in [2.45, 2.75) is 31.2 Å². The summed E-state index contributed by atoms with van der Waals surface area (Å²) >= 11 is 0. The standard InChI is InChI=1S/C30H34N2O9S/c1-37-20-40-32-29(33)26(18-21-8-6-5-7-9-21)31(19-22-10-14-24(38-2)15-11-22)27(30(32)34)28(41-42(4,35)36)23-12-16-25(39-3)17-13-23/h5-17,26-28H,18-20H2,1-4H3/t26-,27-,28+/m0/s1. The molecule has 0 unspecified atom stereocenters. The molecule has 3 atom stereocenters. The van der Waals surface area contributed by atoms with E-state index in [0.29, 0.717) is 22.1 Å². The average Bonchev–Trinajstić information content (AvgIpc) is 2.99. The van der Waals surface area contributed by atoms with Crippen LogP contribution in [0, 0.1) is 0 Å². The molecular weight excluding hydrogens is 564 g/mol. The molecule has 42 heavy (non-hydrogen) atoms. The minimum absolute atomic E-state index is 0.113. The molecule has 1 aliphatic rings. The van der Waals surface area contributed by atoms with Crippen molar-refractivity contribution >= 4 is 21.9 Å². The summed E-state index contributed by atoms with van der Waals surface area (Å²) < 4.78 is 46.3. The van der Waals surface area contributed by atoms with E-state index in [9.17, 15) is 18.0 Å². The van der Waals surface area contributed by atoms with Gasteiger partial charge in [0.05, 0.1) is 26.5 Å². The number of imide groups is 1. The van der Waals surface area contributed by atoms with Gasteiger partial charge in [-0.3, -0.25) is 18.7 Å². The van der Waals surface area contributed by atoms with Gasteiger partial charge < -0.3 is 14.2 Å². The van der Waals surface area contributed by atoms with Crippen molar-refractivity contribution in [2.75, 3.05) is 34.4 Å². The van der Waals surface area contributed by atoms with Gasteiger partial charge in [-0.15, -0.1) is 5.06 Å². The van der Waals surface area contributed by atoms with Gasteiger partial charge in [-0.1, -0.05) is 54.6 Å². The molecule has 0 radical (unpaired) electrons. The van der Waals surface area contributed by atoms with Gasteiger partial charge in [0.25, 0.3) is 21.9 Å². The molecule has 11 nitrogen and oxygen atoms in total. The van der Waals surface area contributed by atoms with E-state index in [2.05, 4.69) is 0 Å². The fourth-order valence-corrected chi connectivity index (χ4v) is 5.44. The van der Waals surface area contributed by atoms with Crippen molar-refractivity contribution in [2.24, 2.45) is 0 Å². The summed E-state index contributed by atoms with van der Waals surface area (Å²) in [5.41, 5.74) is 1.98. The summed E-state index contributed by atoms with van der Waals surface area (Å²) in [6, 6.07) is 20.8. The Balaban J connectivity index is 1.88. The number of rotatable bonds is 13. The maximum atomic E-state index is 14.1. The van der Waals surface area contributed by atoms with Crippen molar-refractivity contribution in [3.8, 4) is 11.5 Å². The summed E-state index contributed by atoms with van der Waals surface area (Å²) in [7, 11) is 0.337. The van der Waals surface area contributed by atoms with Crippen molar-refractivity contribution in [1.82, 2.24) is 9.96 Å². The Kier molecular flexibility index (Phi) is 10.3. The predicted octanol–water partition coefficient (Wildman–Crippen LogP) is 3.11. The Bertz CT molecular complexity index is 1450. The van der Waals surface area contributed by atoms with Gasteiger partial charge in [0.15, 0.2) is 6.79 Å². The van der Waals surface area contributed by atoms with E-state index in [-0.39, 0.29) is 19.8 Å². The molecule has 1 aliphatic heterocycles. The van der Waals surface area contributed by atoms with Crippen LogP contribution in [0.1, 0.15) is 22.8 Å². The monoisotopic (exact) mass is 598 g/mol. The molecule has 4 rings (SSSR count). The van der Waals surface area contributed by atoms with E-state index in [1.165, 1.54) is 14.2 Å². The molecule has 1 fully saturated rings. The van der Waals surface area contributed by atoms with Crippen molar-refractivity contribution in [1.29, 1.82) is 0 Å². The molecule has 3 aromatic rings. The normalized spacial score (nSPS) is 18.6. The lowest BCUT2D eigenvalue weighted by Crippen LogP contribution is -2.66. The molecule has 1 heterocycles. The van der Waals surface area contributed by atoms with Crippen LogP contribution in [-0.4, -0.2) is 76.7 Å². The minimum atomic E-state index is -4.09. The Morgan fingerprint density at radius 3 is 1.93 bits per heavy atom. The summed E-state index contributed by atoms with van der Waals surface area (Å²) in [6.45, 7) is -0.261. The number of carbonyl (C=O) groups is 2. The Labute approximate surface area is 245 Å². The van der Waals surface area contributed by atoms with Crippen molar-refractivity contribution in [3.63, 3.8) is 0 Å². The highest BCUT2D eigenvalue weighted by atomic mass is 32.2. The number of methoxy groups -OCH3 is 3. The van der Waals surface area contributed by atoms with E-state index < -0.39 is 40.1 Å². The first-order valence-electron chi connectivity index (χ1n) is 13.1. The van der Waals surface area contributed by atoms with Crippen molar-refractivity contribution in [3.05, 3.63) is 95.6 Å². The first kappa shape index (κ1) is 31.1. The molecule has 0 aromatic heterocycles. The molecule has 0 spiro atoms. The van der Waals surface area contributed by atoms with E-state index in [4.69, 9.17) is 23.2 Å². The molecule has 3 aromatic carbocycles. The summed E-state index contributed by atoms with van der Waals surface area (Å²) in [5.74, 6) is -0.237. The zero-order valence-corrected chi connectivity index (χ0v) is 24.7. The van der Waals surface area contributed by atoms with E-state index in [1.807, 2.05) is 42.5 Å². The average molecular weight is 599 g/mol. The second-order valence-corrected chi connectivity index (χ2v) is 11.3. The Morgan fingerprint density at radius 2 is 1.38 bits per heavy atom. The minimum Gasteiger partial charge on any atom is -0.497 e. The van der Waals surface area contributed by atoms with Gasteiger partial charge in [-0.2, -0.15) is 8.42 Å². The van der Waals surface area contributed by atoms with Crippen LogP contribution >= 0.6 is 0 Å². The SMILES string of the molecule is COCON1C(=O)[C@H]([C@H](OS(C)(=O)=O)c2ccc(OC)cc2)N(Cc2ccc(OC)cc2)[C@@H](Cc2ccccc2)C1=O. The van der Waals surface area contributed by atoms with Gasteiger partial charge >= 0.3 is 0 Å². The zero-order chi connectivity index (χ0) is 30.3.